The van der Waals surface area contributed by atoms with Crippen LogP contribution in [0.1, 0.15) is 57.6 Å². The molecule has 0 bridgehead atoms. The van der Waals surface area contributed by atoms with Crippen molar-refractivity contribution in [1.82, 2.24) is 25.0 Å². The summed E-state index contributed by atoms with van der Waals surface area (Å²) in [6, 6.07) is 6.66. The van der Waals surface area contributed by atoms with Crippen LogP contribution in [0.25, 0.3) is 11.2 Å². The lowest BCUT2D eigenvalue weighted by Crippen LogP contribution is -2.31. The number of thioether (sulfide) groups is 1. The van der Waals surface area contributed by atoms with Crippen LogP contribution < -0.4 is 5.32 Å². The van der Waals surface area contributed by atoms with E-state index in [0.29, 0.717) is 28.6 Å². The number of rotatable bonds is 10. The van der Waals surface area contributed by atoms with Crippen LogP contribution in [0.4, 0.5) is 10.2 Å². The normalized spacial score (nSPS) is 29.6. The van der Waals surface area contributed by atoms with Gasteiger partial charge in [0.2, 0.25) is 0 Å². The van der Waals surface area contributed by atoms with Gasteiger partial charge in [0.05, 0.1) is 25.4 Å². The summed E-state index contributed by atoms with van der Waals surface area (Å²) < 4.78 is 33.6. The Balaban J connectivity index is 1.31. The number of halogens is 1. The number of aliphatic hydroxyl groups is 1. The molecule has 3 aliphatic rings. The predicted octanol–water partition coefficient (Wildman–Crippen LogP) is 3.67. The third kappa shape index (κ3) is 5.00. The van der Waals surface area contributed by atoms with Crippen LogP contribution in [0, 0.1) is 5.82 Å². The van der Waals surface area contributed by atoms with E-state index in [-0.39, 0.29) is 55.3 Å². The lowest BCUT2D eigenvalue weighted by molar-refractivity contribution is -0.171. The minimum absolute atomic E-state index is 0.0601. The third-order valence-electron chi connectivity index (χ3n) is 7.27. The van der Waals surface area contributed by atoms with E-state index in [2.05, 4.69) is 22.6 Å². The molecule has 6 unspecified atom stereocenters. The monoisotopic (exact) mass is 544 g/mol. The molecule has 0 amide bonds. The first-order valence-corrected chi connectivity index (χ1v) is 14.2. The molecular formula is C26H33FN6O4S. The zero-order valence-corrected chi connectivity index (χ0v) is 22.5. The van der Waals surface area contributed by atoms with E-state index in [1.165, 1.54) is 12.1 Å². The van der Waals surface area contributed by atoms with Gasteiger partial charge in [-0.1, -0.05) is 36.0 Å². The van der Waals surface area contributed by atoms with Crippen molar-refractivity contribution in [3.8, 4) is 0 Å². The van der Waals surface area contributed by atoms with Gasteiger partial charge < -0.3 is 24.6 Å². The number of nitrogens with zero attached hydrogens (tertiary/aromatic N) is 5. The second-order valence-electron chi connectivity index (χ2n) is 10.6. The highest BCUT2D eigenvalue weighted by Crippen LogP contribution is 2.46. The number of hydrogen-bond acceptors (Lipinski definition) is 10. The average Bonchev–Trinajstić information content (AvgIpc) is 3.22. The molecule has 6 rings (SSSR count). The summed E-state index contributed by atoms with van der Waals surface area (Å²) in [5, 5.41) is 22.6. The number of anilines is 1. The van der Waals surface area contributed by atoms with Gasteiger partial charge in [-0.2, -0.15) is 0 Å². The Kier molecular flexibility index (Phi) is 7.02. The summed E-state index contributed by atoms with van der Waals surface area (Å²) in [5.74, 6) is 0.847. The Labute approximate surface area is 224 Å². The molecule has 10 nitrogen and oxygen atoms in total. The standard InChI is InChI=1S/C26H33FN6O4S/c1-4-11-38-25-29-23(28-17-12-16(17)14-5-7-15(27)8-6-14)20-24(30-25)33(32-31-20)18-13-19(35-10-9-34)22-21(18)36-26(2,3)37-22/h5-8,16-19,21-22,34H,4,9-13H2,1-3H3,(H,28,29,30). The number of fused-ring (bicyclic) bond motifs is 2. The maximum Gasteiger partial charge on any atom is 0.191 e. The molecule has 3 fully saturated rings. The molecule has 2 aliphatic carbocycles. The summed E-state index contributed by atoms with van der Waals surface area (Å²) in [5.41, 5.74) is 2.34. The SMILES string of the molecule is CCCSc1nc(NC2CC2c2ccc(F)cc2)c2nnn(C3CC(OCCO)C4OC(C)(C)OC43)c2n1. The van der Waals surface area contributed by atoms with Gasteiger partial charge >= 0.3 is 0 Å². The summed E-state index contributed by atoms with van der Waals surface area (Å²) in [6.45, 7) is 6.07. The molecule has 1 aliphatic heterocycles. The van der Waals surface area contributed by atoms with Crippen LogP contribution in [0.2, 0.25) is 0 Å². The molecule has 38 heavy (non-hydrogen) atoms. The molecule has 0 radical (unpaired) electrons. The van der Waals surface area contributed by atoms with Crippen molar-refractivity contribution in [1.29, 1.82) is 0 Å². The van der Waals surface area contributed by atoms with E-state index < -0.39 is 5.79 Å². The molecule has 2 aromatic heterocycles. The number of nitrogens with one attached hydrogen (secondary N) is 1. The summed E-state index contributed by atoms with van der Waals surface area (Å²) in [7, 11) is 0. The smallest absolute Gasteiger partial charge is 0.191 e. The highest BCUT2D eigenvalue weighted by Gasteiger charge is 2.56. The molecule has 0 spiro atoms. The van der Waals surface area contributed by atoms with Crippen molar-refractivity contribution in [2.75, 3.05) is 24.3 Å². The van der Waals surface area contributed by atoms with Gasteiger partial charge in [0.1, 0.15) is 18.0 Å². The fourth-order valence-corrected chi connectivity index (χ4v) is 6.21. The van der Waals surface area contributed by atoms with Gasteiger partial charge in [-0.3, -0.25) is 0 Å². The maximum absolute atomic E-state index is 13.4. The molecule has 3 heterocycles. The fourth-order valence-electron chi connectivity index (χ4n) is 5.52. The average molecular weight is 545 g/mol. The second-order valence-corrected chi connectivity index (χ2v) is 11.6. The third-order valence-corrected chi connectivity index (χ3v) is 8.32. The zero-order chi connectivity index (χ0) is 26.4. The summed E-state index contributed by atoms with van der Waals surface area (Å²) in [4.78, 5) is 9.66. The zero-order valence-electron chi connectivity index (χ0n) is 21.7. The van der Waals surface area contributed by atoms with Gasteiger partial charge in [-0.25, -0.2) is 19.0 Å². The van der Waals surface area contributed by atoms with Crippen molar-refractivity contribution < 1.29 is 23.7 Å². The first-order chi connectivity index (χ1) is 18.4. The van der Waals surface area contributed by atoms with E-state index in [1.54, 1.807) is 11.8 Å². The Bertz CT molecular complexity index is 1290. The fraction of sp³-hybridized carbons (Fsp3) is 0.615. The molecule has 1 aromatic carbocycles. The minimum atomic E-state index is -0.754. The Morgan fingerprint density at radius 1 is 1.18 bits per heavy atom. The van der Waals surface area contributed by atoms with Gasteiger partial charge in [0.25, 0.3) is 0 Å². The lowest BCUT2D eigenvalue weighted by atomic mass is 10.1. The van der Waals surface area contributed by atoms with E-state index in [4.69, 9.17) is 24.2 Å². The van der Waals surface area contributed by atoms with E-state index in [1.807, 2.05) is 30.7 Å². The van der Waals surface area contributed by atoms with Crippen LogP contribution in [0.15, 0.2) is 29.4 Å². The molecule has 2 N–H and O–H groups in total. The number of benzene rings is 1. The quantitative estimate of drug-likeness (QED) is 0.289. The van der Waals surface area contributed by atoms with Crippen molar-refractivity contribution in [2.24, 2.45) is 0 Å². The minimum Gasteiger partial charge on any atom is -0.394 e. The van der Waals surface area contributed by atoms with Crippen molar-refractivity contribution in [3.05, 3.63) is 35.6 Å². The lowest BCUT2D eigenvalue weighted by Gasteiger charge is -2.23. The summed E-state index contributed by atoms with van der Waals surface area (Å²) in [6.07, 6.45) is 1.72. The Hall–Kier alpha value is -2.38. The van der Waals surface area contributed by atoms with Crippen molar-refractivity contribution in [2.45, 2.75) is 87.3 Å². The molecule has 204 valence electrons. The van der Waals surface area contributed by atoms with Gasteiger partial charge in [-0.15, -0.1) is 5.10 Å². The Morgan fingerprint density at radius 3 is 2.74 bits per heavy atom. The molecule has 2 saturated carbocycles. The first-order valence-electron chi connectivity index (χ1n) is 13.2. The largest absolute Gasteiger partial charge is 0.394 e. The topological polar surface area (TPSA) is 116 Å². The molecular weight excluding hydrogens is 511 g/mol. The van der Waals surface area contributed by atoms with E-state index >= 15 is 0 Å². The second kappa shape index (κ2) is 10.3. The predicted molar refractivity (Wildman–Crippen MR) is 140 cm³/mol. The Morgan fingerprint density at radius 2 is 1.97 bits per heavy atom. The number of aromatic nitrogens is 5. The van der Waals surface area contributed by atoms with Crippen LogP contribution in [0.3, 0.4) is 0 Å². The molecule has 12 heteroatoms. The molecule has 3 aromatic rings. The van der Waals surface area contributed by atoms with Crippen LogP contribution in [0.5, 0.6) is 0 Å². The maximum atomic E-state index is 13.4. The van der Waals surface area contributed by atoms with Crippen LogP contribution in [-0.2, 0) is 14.2 Å². The first kappa shape index (κ1) is 25.9. The van der Waals surface area contributed by atoms with E-state index in [9.17, 15) is 9.50 Å². The molecule has 6 atom stereocenters. The number of hydrogen-bond donors (Lipinski definition) is 2. The van der Waals surface area contributed by atoms with Gasteiger partial charge in [0, 0.05) is 24.1 Å². The highest BCUT2D eigenvalue weighted by atomic mass is 32.2. The van der Waals surface area contributed by atoms with E-state index in [0.717, 1.165) is 24.2 Å². The number of aliphatic hydroxyl groups excluding tert-OH is 1. The van der Waals surface area contributed by atoms with Gasteiger partial charge in [-0.05, 0) is 44.4 Å². The van der Waals surface area contributed by atoms with Crippen LogP contribution >= 0.6 is 11.8 Å². The van der Waals surface area contributed by atoms with Crippen LogP contribution in [-0.4, -0.2) is 79.2 Å². The van der Waals surface area contributed by atoms with Gasteiger partial charge in [0.15, 0.2) is 27.9 Å². The van der Waals surface area contributed by atoms with Crippen molar-refractivity contribution >= 4 is 28.7 Å². The summed E-state index contributed by atoms with van der Waals surface area (Å²) >= 11 is 1.60. The highest BCUT2D eigenvalue weighted by molar-refractivity contribution is 7.99. The van der Waals surface area contributed by atoms with Crippen molar-refractivity contribution in [3.63, 3.8) is 0 Å². The number of ether oxygens (including phenoxy) is 3. The molecule has 1 saturated heterocycles.